The van der Waals surface area contributed by atoms with E-state index < -0.39 is 10.0 Å². The van der Waals surface area contributed by atoms with Crippen molar-refractivity contribution in [3.05, 3.63) is 27.4 Å². The van der Waals surface area contributed by atoms with Gasteiger partial charge in [-0.05, 0) is 70.9 Å². The summed E-state index contributed by atoms with van der Waals surface area (Å²) in [6.07, 6.45) is 9.43. The lowest BCUT2D eigenvalue weighted by molar-refractivity contribution is -0.122. The minimum Gasteiger partial charge on any atom is -0.483 e. The van der Waals surface area contributed by atoms with Gasteiger partial charge in [0, 0.05) is 23.6 Å². The molecule has 9 nitrogen and oxygen atoms in total. The molecular weight excluding hydrogens is 420 g/mol. The quantitative estimate of drug-likeness (QED) is 0.582. The monoisotopic (exact) mass is 454 g/mol. The van der Waals surface area contributed by atoms with Crippen LogP contribution in [0.1, 0.15) is 62.0 Å². The maximum absolute atomic E-state index is 12.3. The van der Waals surface area contributed by atoms with Gasteiger partial charge in [-0.2, -0.15) is 0 Å². The number of carbonyl (C=O) groups is 1. The maximum atomic E-state index is 12.3. The fraction of sp³-hybridized carbons (Fsp3) is 0.762. The first-order valence-electron chi connectivity index (χ1n) is 11.0. The number of aromatic nitrogens is 2. The van der Waals surface area contributed by atoms with E-state index in [1.165, 1.54) is 12.7 Å². The standard InChI is InChI=1S/C20H32N4O3S.CH2O2/c1-14-21-18-17(19(25)22-14)6-7-20(18)8-10-24(11-9-20)13-15-4-3-5-16(12-15)23-28(2,26)27;2-1-3/h15-16,23H,3-13H2,1-2H3,(H,21,22,25);1H,(H,2,3)/t15-,16-;/m1./s1. The minimum atomic E-state index is -3.13. The summed E-state index contributed by atoms with van der Waals surface area (Å²) >= 11 is 0. The van der Waals surface area contributed by atoms with E-state index in [1.54, 1.807) is 0 Å². The Hall–Kier alpha value is -1.78. The summed E-state index contributed by atoms with van der Waals surface area (Å²) in [7, 11) is -3.13. The number of piperidine rings is 1. The van der Waals surface area contributed by atoms with Crippen molar-refractivity contribution in [2.45, 2.75) is 69.7 Å². The van der Waals surface area contributed by atoms with Gasteiger partial charge in [0.15, 0.2) is 0 Å². The largest absolute Gasteiger partial charge is 0.483 e. The lowest BCUT2D eigenvalue weighted by atomic mass is 9.75. The van der Waals surface area contributed by atoms with Gasteiger partial charge in [-0.25, -0.2) is 18.1 Å². The fourth-order valence-electron chi connectivity index (χ4n) is 5.65. The molecule has 1 saturated heterocycles. The highest BCUT2D eigenvalue weighted by molar-refractivity contribution is 7.88. The molecule has 4 rings (SSSR count). The molecule has 31 heavy (non-hydrogen) atoms. The van der Waals surface area contributed by atoms with Crippen molar-refractivity contribution in [2.75, 3.05) is 25.9 Å². The minimum absolute atomic E-state index is 0.0495. The van der Waals surface area contributed by atoms with E-state index in [9.17, 15) is 13.2 Å². The number of nitrogens with zero attached hydrogens (tertiary/aromatic N) is 2. The molecule has 0 unspecified atom stereocenters. The normalized spacial score (nSPS) is 25.5. The highest BCUT2D eigenvalue weighted by Crippen LogP contribution is 2.44. The third-order valence-corrected chi connectivity index (χ3v) is 7.74. The molecule has 10 heteroatoms. The third kappa shape index (κ3) is 5.93. The number of sulfonamides is 1. The Kier molecular flexibility index (Phi) is 7.54. The van der Waals surface area contributed by atoms with Crippen LogP contribution in [0.4, 0.5) is 0 Å². The second kappa shape index (κ2) is 9.79. The Morgan fingerprint density at radius 2 is 1.97 bits per heavy atom. The van der Waals surface area contributed by atoms with Crippen LogP contribution in [0.25, 0.3) is 0 Å². The SMILES string of the molecule is Cc1nc2c(c(=O)[nH]1)CCC21CCN(C[C@@H]2CCC[C@@H](NS(C)(=O)=O)C2)CC1.O=CO. The predicted octanol–water partition coefficient (Wildman–Crippen LogP) is 1.17. The summed E-state index contributed by atoms with van der Waals surface area (Å²) in [5.41, 5.74) is 2.09. The molecule has 174 valence electrons. The van der Waals surface area contributed by atoms with E-state index in [0.29, 0.717) is 5.92 Å². The molecule has 1 spiro atoms. The number of nitrogens with one attached hydrogen (secondary N) is 2. The topological polar surface area (TPSA) is 132 Å². The van der Waals surface area contributed by atoms with Gasteiger partial charge in [0.25, 0.3) is 12.0 Å². The van der Waals surface area contributed by atoms with Crippen LogP contribution in [0.2, 0.25) is 0 Å². The second-order valence-electron chi connectivity index (χ2n) is 9.28. The molecule has 0 bridgehead atoms. The van der Waals surface area contributed by atoms with Crippen molar-refractivity contribution in [1.82, 2.24) is 19.6 Å². The summed E-state index contributed by atoms with van der Waals surface area (Å²) in [5, 5.41) is 6.89. The van der Waals surface area contributed by atoms with Gasteiger partial charge < -0.3 is 15.0 Å². The molecule has 1 aromatic rings. The third-order valence-electron chi connectivity index (χ3n) is 6.98. The molecule has 2 atom stereocenters. The average molecular weight is 455 g/mol. The van der Waals surface area contributed by atoms with Gasteiger partial charge in [-0.1, -0.05) is 6.42 Å². The van der Waals surface area contributed by atoms with E-state index >= 15 is 0 Å². The summed E-state index contributed by atoms with van der Waals surface area (Å²) < 4.78 is 25.9. The van der Waals surface area contributed by atoms with E-state index in [0.717, 1.165) is 81.7 Å². The van der Waals surface area contributed by atoms with Crippen molar-refractivity contribution in [3.8, 4) is 0 Å². The van der Waals surface area contributed by atoms with E-state index in [2.05, 4.69) is 14.6 Å². The predicted molar refractivity (Wildman–Crippen MR) is 118 cm³/mol. The van der Waals surface area contributed by atoms with Crippen molar-refractivity contribution < 1.29 is 18.3 Å². The number of aromatic amines is 1. The molecule has 3 N–H and O–H groups in total. The Morgan fingerprint density at radius 1 is 1.29 bits per heavy atom. The Morgan fingerprint density at radius 3 is 2.61 bits per heavy atom. The molecule has 1 aromatic heterocycles. The molecule has 3 aliphatic rings. The van der Waals surface area contributed by atoms with E-state index in [1.807, 2.05) is 6.92 Å². The van der Waals surface area contributed by atoms with Crippen LogP contribution in [-0.2, 0) is 26.7 Å². The van der Waals surface area contributed by atoms with Crippen LogP contribution in [0.3, 0.4) is 0 Å². The Labute approximate surface area is 183 Å². The number of fused-ring (bicyclic) bond motifs is 2. The second-order valence-corrected chi connectivity index (χ2v) is 11.1. The summed E-state index contributed by atoms with van der Waals surface area (Å²) in [4.78, 5) is 30.7. The molecule has 1 saturated carbocycles. The molecule has 2 heterocycles. The first-order valence-corrected chi connectivity index (χ1v) is 12.9. The molecule has 0 aromatic carbocycles. The molecule has 0 amide bonds. The van der Waals surface area contributed by atoms with Gasteiger partial charge in [-0.15, -0.1) is 0 Å². The van der Waals surface area contributed by atoms with Crippen LogP contribution >= 0.6 is 0 Å². The number of likely N-dealkylation sites (tertiary alicyclic amines) is 1. The van der Waals surface area contributed by atoms with Gasteiger partial charge in [0.2, 0.25) is 10.0 Å². The zero-order chi connectivity index (χ0) is 22.6. The Balaban J connectivity index is 0.000000858. The zero-order valence-electron chi connectivity index (χ0n) is 18.4. The number of H-pyrrole nitrogens is 1. The van der Waals surface area contributed by atoms with Crippen LogP contribution in [0.15, 0.2) is 4.79 Å². The molecular formula is C21H34N4O5S. The first-order chi connectivity index (χ1) is 14.7. The van der Waals surface area contributed by atoms with Crippen molar-refractivity contribution in [3.63, 3.8) is 0 Å². The van der Waals surface area contributed by atoms with Crippen LogP contribution < -0.4 is 10.3 Å². The van der Waals surface area contributed by atoms with Crippen LogP contribution in [0.5, 0.6) is 0 Å². The van der Waals surface area contributed by atoms with Crippen molar-refractivity contribution in [2.24, 2.45) is 5.92 Å². The van der Waals surface area contributed by atoms with Gasteiger partial charge in [0.1, 0.15) is 5.82 Å². The van der Waals surface area contributed by atoms with Crippen molar-refractivity contribution in [1.29, 1.82) is 0 Å². The highest BCUT2D eigenvalue weighted by atomic mass is 32.2. The number of hydrogen-bond acceptors (Lipinski definition) is 6. The average Bonchev–Trinajstić information content (AvgIpc) is 3.02. The van der Waals surface area contributed by atoms with E-state index in [4.69, 9.17) is 14.9 Å². The zero-order valence-corrected chi connectivity index (χ0v) is 19.2. The highest BCUT2D eigenvalue weighted by Gasteiger charge is 2.44. The molecule has 1 aliphatic heterocycles. The van der Waals surface area contributed by atoms with Gasteiger partial charge >= 0.3 is 0 Å². The number of carboxylic acid groups (broad SMARTS) is 1. The van der Waals surface area contributed by atoms with Gasteiger partial charge in [0.05, 0.1) is 11.9 Å². The lowest BCUT2D eigenvalue weighted by Crippen LogP contribution is -2.45. The molecule has 0 radical (unpaired) electrons. The summed E-state index contributed by atoms with van der Waals surface area (Å²) in [6.45, 7) is 4.74. The van der Waals surface area contributed by atoms with Gasteiger partial charge in [-0.3, -0.25) is 9.59 Å². The van der Waals surface area contributed by atoms with Crippen LogP contribution in [0, 0.1) is 12.8 Å². The maximum Gasteiger partial charge on any atom is 0.290 e. The number of rotatable bonds is 4. The summed E-state index contributed by atoms with van der Waals surface area (Å²) in [5.74, 6) is 1.28. The molecule has 2 aliphatic carbocycles. The van der Waals surface area contributed by atoms with Crippen molar-refractivity contribution >= 4 is 16.5 Å². The lowest BCUT2D eigenvalue weighted by Gasteiger charge is -2.41. The molecule has 2 fully saturated rings. The number of hydrogen-bond donors (Lipinski definition) is 3. The number of aryl methyl sites for hydroxylation is 1. The van der Waals surface area contributed by atoms with E-state index in [-0.39, 0.29) is 23.5 Å². The fourth-order valence-corrected chi connectivity index (χ4v) is 6.47. The smallest absolute Gasteiger partial charge is 0.290 e. The summed E-state index contributed by atoms with van der Waals surface area (Å²) in [6, 6.07) is 0.0884. The van der Waals surface area contributed by atoms with Crippen LogP contribution in [-0.4, -0.2) is 66.8 Å². The Bertz CT molecular complexity index is 938. The first kappa shape index (κ1) is 23.9.